The number of ether oxygens (including phenoxy) is 1. The van der Waals surface area contributed by atoms with E-state index in [-0.39, 0.29) is 5.88 Å². The van der Waals surface area contributed by atoms with Crippen molar-refractivity contribution < 1.29 is 4.74 Å². The number of aromatic nitrogens is 3. The van der Waals surface area contributed by atoms with Crippen LogP contribution in [-0.2, 0) is 0 Å². The van der Waals surface area contributed by atoms with Crippen LogP contribution in [0.5, 0.6) is 5.88 Å². The predicted molar refractivity (Wildman–Crippen MR) is 92.6 cm³/mol. The first-order valence-corrected chi connectivity index (χ1v) is 7.88. The molecule has 1 aliphatic heterocycles. The van der Waals surface area contributed by atoms with E-state index in [0.717, 1.165) is 22.4 Å². The topological polar surface area (TPSA) is 101 Å². The van der Waals surface area contributed by atoms with Gasteiger partial charge >= 0.3 is 0 Å². The van der Waals surface area contributed by atoms with Crippen LogP contribution in [-0.4, -0.2) is 15.2 Å². The number of pyridine rings is 1. The Balaban J connectivity index is 1.94. The molecule has 4 rings (SSSR count). The van der Waals surface area contributed by atoms with Crippen LogP contribution in [0.15, 0.2) is 60.2 Å². The first-order valence-electron chi connectivity index (χ1n) is 7.50. The molecule has 122 valence electrons. The number of nitrogens with two attached hydrogens (primary N) is 1. The maximum absolute atomic E-state index is 9.62. The summed E-state index contributed by atoms with van der Waals surface area (Å²) in [6.45, 7) is 0. The molecule has 1 aromatic carbocycles. The molecule has 6 nitrogen and oxygen atoms in total. The predicted octanol–water partition coefficient (Wildman–Crippen LogP) is 3.34. The van der Waals surface area contributed by atoms with E-state index in [1.165, 1.54) is 0 Å². The lowest BCUT2D eigenvalue weighted by Crippen LogP contribution is -2.21. The minimum absolute atomic E-state index is 0.0537. The van der Waals surface area contributed by atoms with Gasteiger partial charge < -0.3 is 10.5 Å². The second kappa shape index (κ2) is 5.96. The first kappa shape index (κ1) is 15.2. The van der Waals surface area contributed by atoms with Crippen LogP contribution in [0.2, 0.25) is 5.02 Å². The lowest BCUT2D eigenvalue weighted by atomic mass is 9.84. The Morgan fingerprint density at radius 2 is 2.04 bits per heavy atom. The van der Waals surface area contributed by atoms with E-state index in [0.29, 0.717) is 16.5 Å². The van der Waals surface area contributed by atoms with Gasteiger partial charge in [0.2, 0.25) is 11.8 Å². The fourth-order valence-electron chi connectivity index (χ4n) is 2.96. The largest absolute Gasteiger partial charge is 0.420 e. The van der Waals surface area contributed by atoms with E-state index in [1.807, 2.05) is 24.3 Å². The van der Waals surface area contributed by atoms with Crippen molar-refractivity contribution in [3.63, 3.8) is 0 Å². The number of rotatable bonds is 2. The van der Waals surface area contributed by atoms with Gasteiger partial charge in [0.1, 0.15) is 11.6 Å². The van der Waals surface area contributed by atoms with E-state index in [9.17, 15) is 5.26 Å². The molecule has 3 heterocycles. The van der Waals surface area contributed by atoms with Crippen molar-refractivity contribution in [3.05, 3.63) is 76.4 Å². The molecular formula is C18H12ClN5O. The van der Waals surface area contributed by atoms with E-state index >= 15 is 0 Å². The van der Waals surface area contributed by atoms with Crippen LogP contribution < -0.4 is 10.5 Å². The zero-order chi connectivity index (χ0) is 17.4. The fourth-order valence-corrected chi connectivity index (χ4v) is 3.09. The van der Waals surface area contributed by atoms with Gasteiger partial charge in [-0.3, -0.25) is 10.1 Å². The average Bonchev–Trinajstić information content (AvgIpc) is 3.05. The Kier molecular flexibility index (Phi) is 3.64. The highest BCUT2D eigenvalue weighted by Gasteiger charge is 2.35. The number of hydrogen-bond acceptors (Lipinski definition) is 5. The minimum atomic E-state index is -0.410. The highest BCUT2D eigenvalue weighted by atomic mass is 35.5. The summed E-state index contributed by atoms with van der Waals surface area (Å²) in [7, 11) is 0. The van der Waals surface area contributed by atoms with Crippen molar-refractivity contribution in [1.29, 1.82) is 5.26 Å². The van der Waals surface area contributed by atoms with Crippen molar-refractivity contribution >= 4 is 11.6 Å². The zero-order valence-corrected chi connectivity index (χ0v) is 13.7. The van der Waals surface area contributed by atoms with Crippen LogP contribution in [0.1, 0.15) is 17.0 Å². The number of aromatic amines is 1. The summed E-state index contributed by atoms with van der Waals surface area (Å²) in [5.41, 5.74) is 9.49. The Hall–Kier alpha value is -3.30. The van der Waals surface area contributed by atoms with Gasteiger partial charge in [0, 0.05) is 23.0 Å². The smallest absolute Gasteiger partial charge is 0.244 e. The number of H-pyrrole nitrogens is 1. The van der Waals surface area contributed by atoms with Gasteiger partial charge in [-0.2, -0.15) is 5.26 Å². The number of nitrogens with one attached hydrogen (secondary N) is 1. The van der Waals surface area contributed by atoms with Crippen molar-refractivity contribution in [2.75, 3.05) is 0 Å². The van der Waals surface area contributed by atoms with Gasteiger partial charge in [-0.05, 0) is 23.8 Å². The molecule has 1 unspecified atom stereocenters. The van der Waals surface area contributed by atoms with Crippen LogP contribution in [0.3, 0.4) is 0 Å². The molecule has 0 bridgehead atoms. The van der Waals surface area contributed by atoms with Gasteiger partial charge in [0.05, 0.1) is 17.2 Å². The molecule has 1 atom stereocenters. The summed E-state index contributed by atoms with van der Waals surface area (Å²) >= 11 is 5.98. The normalized spacial score (nSPS) is 16.1. The molecule has 0 amide bonds. The molecule has 3 N–H and O–H groups in total. The van der Waals surface area contributed by atoms with E-state index in [4.69, 9.17) is 22.1 Å². The molecule has 0 aliphatic carbocycles. The summed E-state index contributed by atoms with van der Waals surface area (Å²) in [6, 6.07) is 13.2. The number of hydrogen-bond donors (Lipinski definition) is 2. The van der Waals surface area contributed by atoms with Crippen molar-refractivity contribution in [2.24, 2.45) is 5.73 Å². The molecule has 7 heteroatoms. The SMILES string of the molecule is N#CC1=C(N)Oc2n[nH]c(-c3ccc(Cl)cc3)c2C1c1cccnc1. The monoisotopic (exact) mass is 349 g/mol. The molecule has 0 spiro atoms. The van der Waals surface area contributed by atoms with Gasteiger partial charge in [-0.15, -0.1) is 5.10 Å². The molecule has 3 aromatic rings. The number of halogens is 1. The summed E-state index contributed by atoms with van der Waals surface area (Å²) in [6.07, 6.45) is 3.39. The van der Waals surface area contributed by atoms with E-state index in [1.54, 1.807) is 24.5 Å². The van der Waals surface area contributed by atoms with Crippen molar-refractivity contribution in [1.82, 2.24) is 15.2 Å². The summed E-state index contributed by atoms with van der Waals surface area (Å²) < 4.78 is 5.56. The molecule has 2 aromatic heterocycles. The lowest BCUT2D eigenvalue weighted by molar-refractivity contribution is 0.379. The lowest BCUT2D eigenvalue weighted by Gasteiger charge is -2.23. The van der Waals surface area contributed by atoms with Crippen LogP contribution in [0.25, 0.3) is 11.3 Å². The van der Waals surface area contributed by atoms with E-state index in [2.05, 4.69) is 21.3 Å². The molecule has 0 fully saturated rings. The van der Waals surface area contributed by atoms with Crippen LogP contribution in [0.4, 0.5) is 0 Å². The number of allylic oxidation sites excluding steroid dienone is 1. The Bertz CT molecular complexity index is 1000. The van der Waals surface area contributed by atoms with E-state index < -0.39 is 5.92 Å². The molecule has 0 saturated carbocycles. The second-order valence-electron chi connectivity index (χ2n) is 5.54. The third kappa shape index (κ3) is 2.51. The third-order valence-corrected chi connectivity index (χ3v) is 4.34. The molecule has 25 heavy (non-hydrogen) atoms. The maximum atomic E-state index is 9.62. The Morgan fingerprint density at radius 1 is 1.24 bits per heavy atom. The molecule has 0 radical (unpaired) electrons. The van der Waals surface area contributed by atoms with Gasteiger partial charge in [0.25, 0.3) is 0 Å². The highest BCUT2D eigenvalue weighted by molar-refractivity contribution is 6.30. The first-order chi connectivity index (χ1) is 12.2. The molecule has 1 aliphatic rings. The number of nitriles is 1. The molecular weight excluding hydrogens is 338 g/mol. The van der Waals surface area contributed by atoms with Crippen molar-refractivity contribution in [3.8, 4) is 23.2 Å². The average molecular weight is 350 g/mol. The van der Waals surface area contributed by atoms with Crippen LogP contribution in [0, 0.1) is 11.3 Å². The standard InChI is InChI=1S/C18H12ClN5O/c19-12-5-3-10(4-6-12)16-15-14(11-2-1-7-22-9-11)13(8-20)17(21)25-18(15)24-23-16/h1-7,9,14H,21H2,(H,23,24). The Morgan fingerprint density at radius 3 is 2.72 bits per heavy atom. The summed E-state index contributed by atoms with van der Waals surface area (Å²) in [5.74, 6) is 0.000176. The van der Waals surface area contributed by atoms with Crippen LogP contribution >= 0.6 is 11.6 Å². The van der Waals surface area contributed by atoms with Gasteiger partial charge in [-0.1, -0.05) is 29.8 Å². The fraction of sp³-hybridized carbons (Fsp3) is 0.0556. The summed E-state index contributed by atoms with van der Waals surface area (Å²) in [5, 5.41) is 17.5. The minimum Gasteiger partial charge on any atom is -0.420 e. The number of fused-ring (bicyclic) bond motifs is 1. The van der Waals surface area contributed by atoms with Gasteiger partial charge in [0.15, 0.2) is 0 Å². The third-order valence-electron chi connectivity index (χ3n) is 4.09. The molecule has 0 saturated heterocycles. The van der Waals surface area contributed by atoms with Gasteiger partial charge in [-0.25, -0.2) is 0 Å². The summed E-state index contributed by atoms with van der Waals surface area (Å²) in [4.78, 5) is 4.16. The zero-order valence-electron chi connectivity index (χ0n) is 12.9. The highest BCUT2D eigenvalue weighted by Crippen LogP contribution is 2.45. The quantitative estimate of drug-likeness (QED) is 0.738. The Labute approximate surface area is 148 Å². The number of benzene rings is 1. The number of nitrogens with zero attached hydrogens (tertiary/aromatic N) is 3. The maximum Gasteiger partial charge on any atom is 0.244 e. The second-order valence-corrected chi connectivity index (χ2v) is 5.97. The van der Waals surface area contributed by atoms with Crippen molar-refractivity contribution in [2.45, 2.75) is 5.92 Å².